The summed E-state index contributed by atoms with van der Waals surface area (Å²) in [5.74, 6) is -0.440. The maximum atomic E-state index is 12.7. The Hall–Kier alpha value is -3.57. The first-order chi connectivity index (χ1) is 17.5. The van der Waals surface area contributed by atoms with Gasteiger partial charge in [0, 0.05) is 0 Å². The largest absolute Gasteiger partial charge is 0.459 e. The zero-order valence-electron chi connectivity index (χ0n) is 19.0. The second-order valence-corrected chi connectivity index (χ2v) is 9.06. The second kappa shape index (κ2) is 9.14. The van der Waals surface area contributed by atoms with Gasteiger partial charge in [-0.05, 0) is 17.7 Å². The van der Waals surface area contributed by atoms with E-state index in [0.717, 1.165) is 5.56 Å². The molecule has 2 N–H and O–H groups in total. The summed E-state index contributed by atoms with van der Waals surface area (Å²) in [6.07, 6.45) is -0.155. The molecule has 2 fully saturated rings. The molecule has 2 aromatic heterocycles. The van der Waals surface area contributed by atoms with Crippen molar-refractivity contribution in [1.82, 2.24) is 19.5 Å². The van der Waals surface area contributed by atoms with E-state index in [4.69, 9.17) is 36.3 Å². The standard InChI is InChI=1S/C25H22ClN5O5/c26-20-17-21(30-24(27)29-20)31(14-28-17)22-18-19(33-11-15-7-3-1-4-8-15)25(36-22,12-34-18)13-35-23(32)16-9-5-2-6-10-16/h1-10,14,18-19,22H,11-13H2,(H2,27,29,30)/t18-,19+,22-,25-/m1/s1. The molecule has 0 spiro atoms. The van der Waals surface area contributed by atoms with Crippen molar-refractivity contribution in [3.63, 3.8) is 0 Å². The first kappa shape index (κ1) is 22.9. The lowest BCUT2D eigenvalue weighted by Crippen LogP contribution is -2.46. The van der Waals surface area contributed by atoms with Crippen molar-refractivity contribution in [2.24, 2.45) is 0 Å². The molecule has 2 aliphatic heterocycles. The lowest BCUT2D eigenvalue weighted by Gasteiger charge is -2.31. The van der Waals surface area contributed by atoms with Gasteiger partial charge in [0.25, 0.3) is 0 Å². The highest BCUT2D eigenvalue weighted by atomic mass is 35.5. The zero-order valence-corrected chi connectivity index (χ0v) is 19.7. The molecule has 0 saturated carbocycles. The van der Waals surface area contributed by atoms with E-state index in [9.17, 15) is 4.79 Å². The molecule has 2 saturated heterocycles. The number of carbonyl (C=O) groups excluding carboxylic acids is 1. The topological polar surface area (TPSA) is 124 Å². The van der Waals surface area contributed by atoms with Gasteiger partial charge < -0.3 is 24.7 Å². The molecule has 2 bridgehead atoms. The van der Waals surface area contributed by atoms with E-state index >= 15 is 0 Å². The fourth-order valence-corrected chi connectivity index (χ4v) is 4.88. The van der Waals surface area contributed by atoms with E-state index in [1.165, 1.54) is 0 Å². The highest BCUT2D eigenvalue weighted by molar-refractivity contribution is 6.33. The maximum absolute atomic E-state index is 12.7. The van der Waals surface area contributed by atoms with Crippen LogP contribution in [0.1, 0.15) is 22.1 Å². The number of anilines is 1. The molecule has 4 aromatic rings. The van der Waals surface area contributed by atoms with Crippen LogP contribution in [0.5, 0.6) is 0 Å². The summed E-state index contributed by atoms with van der Waals surface area (Å²) in [5, 5.41) is 0.142. The van der Waals surface area contributed by atoms with Crippen molar-refractivity contribution in [3.8, 4) is 0 Å². The second-order valence-electron chi connectivity index (χ2n) is 8.70. The molecule has 2 aromatic carbocycles. The first-order valence-electron chi connectivity index (χ1n) is 11.4. The van der Waals surface area contributed by atoms with Gasteiger partial charge in [0.1, 0.15) is 24.3 Å². The molecule has 4 atom stereocenters. The molecule has 10 nitrogen and oxygen atoms in total. The van der Waals surface area contributed by atoms with Crippen molar-refractivity contribution >= 4 is 34.7 Å². The van der Waals surface area contributed by atoms with E-state index in [1.54, 1.807) is 35.2 Å². The Bertz CT molecular complexity index is 1400. The van der Waals surface area contributed by atoms with Crippen LogP contribution in [0.4, 0.5) is 5.95 Å². The van der Waals surface area contributed by atoms with E-state index in [0.29, 0.717) is 23.3 Å². The number of halogens is 1. The normalized spacial score (nSPS) is 24.9. The van der Waals surface area contributed by atoms with E-state index in [1.807, 2.05) is 36.4 Å². The fraction of sp³-hybridized carbons (Fsp3) is 0.280. The van der Waals surface area contributed by atoms with Gasteiger partial charge in [-0.15, -0.1) is 0 Å². The van der Waals surface area contributed by atoms with Crippen LogP contribution >= 0.6 is 11.6 Å². The van der Waals surface area contributed by atoms with E-state index in [2.05, 4.69) is 15.0 Å². The maximum Gasteiger partial charge on any atom is 0.338 e. The average molecular weight is 508 g/mol. The van der Waals surface area contributed by atoms with Crippen LogP contribution in [-0.2, 0) is 25.6 Å². The van der Waals surface area contributed by atoms with Gasteiger partial charge in [0.15, 0.2) is 22.6 Å². The van der Waals surface area contributed by atoms with Gasteiger partial charge in [-0.2, -0.15) is 9.97 Å². The number of nitrogens with zero attached hydrogens (tertiary/aromatic N) is 4. The van der Waals surface area contributed by atoms with Crippen LogP contribution in [0.15, 0.2) is 67.0 Å². The van der Waals surface area contributed by atoms with Crippen molar-refractivity contribution < 1.29 is 23.7 Å². The third-order valence-corrected chi connectivity index (χ3v) is 6.64. The summed E-state index contributed by atoms with van der Waals surface area (Å²) < 4.78 is 26.4. The molecule has 2 aliphatic rings. The number of nitrogens with two attached hydrogens (primary N) is 1. The monoisotopic (exact) mass is 507 g/mol. The molecule has 0 unspecified atom stereocenters. The molecular weight excluding hydrogens is 486 g/mol. The number of carbonyl (C=O) groups is 1. The Labute approximate surface area is 210 Å². The summed E-state index contributed by atoms with van der Waals surface area (Å²) in [6, 6.07) is 18.6. The van der Waals surface area contributed by atoms with Crippen LogP contribution in [0.25, 0.3) is 11.2 Å². The number of fused-ring (bicyclic) bond motifs is 3. The van der Waals surface area contributed by atoms with Gasteiger partial charge in [0.05, 0.1) is 25.1 Å². The lowest BCUT2D eigenvalue weighted by atomic mass is 10.00. The molecule has 0 amide bonds. The molecule has 4 heterocycles. The number of imidazole rings is 1. The summed E-state index contributed by atoms with van der Waals surface area (Å²) in [4.78, 5) is 25.3. The van der Waals surface area contributed by atoms with Crippen LogP contribution in [0.3, 0.4) is 0 Å². The number of hydrogen-bond acceptors (Lipinski definition) is 9. The highest BCUT2D eigenvalue weighted by Gasteiger charge is 2.64. The van der Waals surface area contributed by atoms with Crippen LogP contribution in [-0.4, -0.2) is 56.5 Å². The molecular formula is C25H22ClN5O5. The Morgan fingerprint density at radius 1 is 1.14 bits per heavy atom. The molecule has 0 radical (unpaired) electrons. The molecule has 184 valence electrons. The average Bonchev–Trinajstić information content (AvgIpc) is 3.57. The molecule has 11 heteroatoms. The van der Waals surface area contributed by atoms with Gasteiger partial charge >= 0.3 is 5.97 Å². The third-order valence-electron chi connectivity index (χ3n) is 6.37. The zero-order chi connectivity index (χ0) is 24.7. The Morgan fingerprint density at radius 2 is 1.89 bits per heavy atom. The number of aromatic nitrogens is 4. The first-order valence-corrected chi connectivity index (χ1v) is 11.7. The van der Waals surface area contributed by atoms with Crippen molar-refractivity contribution in [2.75, 3.05) is 18.9 Å². The lowest BCUT2D eigenvalue weighted by molar-refractivity contribution is -0.187. The number of rotatable bonds is 7. The number of hydrogen-bond donors (Lipinski definition) is 1. The van der Waals surface area contributed by atoms with Crippen molar-refractivity contribution in [2.45, 2.75) is 30.6 Å². The van der Waals surface area contributed by atoms with E-state index < -0.39 is 30.0 Å². The third kappa shape index (κ3) is 3.97. The van der Waals surface area contributed by atoms with Gasteiger partial charge in [-0.1, -0.05) is 60.1 Å². The van der Waals surface area contributed by atoms with Crippen molar-refractivity contribution in [1.29, 1.82) is 0 Å². The SMILES string of the molecule is Nc1nc(Cl)c2ncn([C@@H]3O[C@@]4(COC(=O)c5ccccc5)CO[C@@H]3[C@@H]4OCc3ccccc3)c2n1. The highest BCUT2D eigenvalue weighted by Crippen LogP contribution is 2.48. The van der Waals surface area contributed by atoms with Gasteiger partial charge in [0.2, 0.25) is 5.95 Å². The summed E-state index contributed by atoms with van der Waals surface area (Å²) in [5.41, 5.74) is 7.04. The molecule has 36 heavy (non-hydrogen) atoms. The minimum atomic E-state index is -1.03. The number of nitrogen functional groups attached to an aromatic ring is 1. The number of ether oxygens (including phenoxy) is 4. The number of esters is 1. The Balaban J connectivity index is 1.30. The predicted molar refractivity (Wildman–Crippen MR) is 129 cm³/mol. The van der Waals surface area contributed by atoms with Crippen LogP contribution in [0, 0.1) is 0 Å². The van der Waals surface area contributed by atoms with E-state index in [-0.39, 0.29) is 24.3 Å². The smallest absolute Gasteiger partial charge is 0.338 e. The predicted octanol–water partition coefficient (Wildman–Crippen LogP) is 3.17. The fourth-order valence-electron chi connectivity index (χ4n) is 4.66. The Kier molecular flexibility index (Phi) is 5.81. The minimum Gasteiger partial charge on any atom is -0.459 e. The van der Waals surface area contributed by atoms with Gasteiger partial charge in [-0.3, -0.25) is 4.57 Å². The van der Waals surface area contributed by atoms with Crippen LogP contribution in [0.2, 0.25) is 5.15 Å². The quantitative estimate of drug-likeness (QED) is 0.296. The Morgan fingerprint density at radius 3 is 2.67 bits per heavy atom. The summed E-state index contributed by atoms with van der Waals surface area (Å²) in [7, 11) is 0. The molecule has 6 rings (SSSR count). The number of benzene rings is 2. The molecule has 0 aliphatic carbocycles. The minimum absolute atomic E-state index is 0.0155. The van der Waals surface area contributed by atoms with Crippen LogP contribution < -0.4 is 5.73 Å². The summed E-state index contributed by atoms with van der Waals surface area (Å²) in [6.45, 7) is 0.472. The van der Waals surface area contributed by atoms with Gasteiger partial charge in [-0.25, -0.2) is 9.78 Å². The van der Waals surface area contributed by atoms with Crippen molar-refractivity contribution in [3.05, 3.63) is 83.3 Å². The summed E-state index contributed by atoms with van der Waals surface area (Å²) >= 11 is 6.22.